The summed E-state index contributed by atoms with van der Waals surface area (Å²) in [6.45, 7) is -0.00721. The topological polar surface area (TPSA) is 82.2 Å². The highest BCUT2D eigenvalue weighted by atomic mass is 35.5. The molecule has 2 aromatic carbocycles. The lowest BCUT2D eigenvalue weighted by atomic mass is 10.1. The van der Waals surface area contributed by atoms with Crippen LogP contribution >= 0.6 is 11.6 Å². The molecule has 6 heteroatoms. The van der Waals surface area contributed by atoms with Crippen molar-refractivity contribution in [3.05, 3.63) is 81.1 Å². The molecule has 1 amide bonds. The number of amides is 1. The second kappa shape index (κ2) is 6.86. The summed E-state index contributed by atoms with van der Waals surface area (Å²) >= 11 is 5.80. The molecular weight excluding hydrogens is 328 g/mol. The number of hydrogen-bond acceptors (Lipinski definition) is 3. The van der Waals surface area contributed by atoms with Gasteiger partial charge in [-0.1, -0.05) is 35.9 Å². The minimum Gasteiger partial charge on any atom is -0.387 e. The van der Waals surface area contributed by atoms with Crippen molar-refractivity contribution >= 4 is 28.4 Å². The highest BCUT2D eigenvalue weighted by Crippen LogP contribution is 2.16. The summed E-state index contributed by atoms with van der Waals surface area (Å²) < 4.78 is 0. The third-order valence-electron chi connectivity index (χ3n) is 3.74. The van der Waals surface area contributed by atoms with Crippen LogP contribution < -0.4 is 10.7 Å². The monoisotopic (exact) mass is 342 g/mol. The maximum Gasteiger partial charge on any atom is 0.256 e. The highest BCUT2D eigenvalue weighted by Gasteiger charge is 2.15. The summed E-state index contributed by atoms with van der Waals surface area (Å²) in [5.41, 5.74) is 0.965. The Hall–Kier alpha value is -2.63. The molecule has 1 atom stereocenters. The van der Waals surface area contributed by atoms with Gasteiger partial charge in [0.2, 0.25) is 5.43 Å². The number of fused-ring (bicyclic) bond motifs is 1. The van der Waals surface area contributed by atoms with E-state index in [-0.39, 0.29) is 17.5 Å². The van der Waals surface area contributed by atoms with Crippen LogP contribution in [-0.4, -0.2) is 22.5 Å². The van der Waals surface area contributed by atoms with Crippen molar-refractivity contribution in [2.45, 2.75) is 6.10 Å². The number of carbonyl (C=O) groups is 1. The molecule has 0 aliphatic rings. The standard InChI is InChI=1S/C18H15ClN2O3/c19-12-7-5-11(6-8-12)16(22)10-21-18(24)14-9-20-15-4-2-1-3-13(15)17(14)23/h1-9,16,22H,10H2,(H,20,23)(H,21,24). The number of aromatic amines is 1. The lowest BCUT2D eigenvalue weighted by Gasteiger charge is -2.12. The van der Waals surface area contributed by atoms with Crippen molar-refractivity contribution in [2.75, 3.05) is 6.54 Å². The Morgan fingerprint density at radius 1 is 1.17 bits per heavy atom. The van der Waals surface area contributed by atoms with Crippen LogP contribution in [0.2, 0.25) is 5.02 Å². The van der Waals surface area contributed by atoms with Crippen molar-refractivity contribution < 1.29 is 9.90 Å². The fraction of sp³-hybridized carbons (Fsp3) is 0.111. The first-order valence-electron chi connectivity index (χ1n) is 7.38. The molecule has 0 fully saturated rings. The van der Waals surface area contributed by atoms with Gasteiger partial charge >= 0.3 is 0 Å². The van der Waals surface area contributed by atoms with Crippen LogP contribution in [0.3, 0.4) is 0 Å². The fourth-order valence-electron chi connectivity index (χ4n) is 2.42. The average Bonchev–Trinajstić information content (AvgIpc) is 2.60. The molecule has 1 aromatic heterocycles. The molecule has 0 bridgehead atoms. The van der Waals surface area contributed by atoms with Crippen LogP contribution in [0.4, 0.5) is 0 Å². The number of benzene rings is 2. The van der Waals surface area contributed by atoms with E-state index in [0.29, 0.717) is 21.5 Å². The van der Waals surface area contributed by atoms with Gasteiger partial charge in [-0.2, -0.15) is 0 Å². The third kappa shape index (κ3) is 3.32. The van der Waals surface area contributed by atoms with Gasteiger partial charge in [0, 0.05) is 28.7 Å². The third-order valence-corrected chi connectivity index (χ3v) is 4.00. The molecule has 5 nitrogen and oxygen atoms in total. The van der Waals surface area contributed by atoms with Gasteiger partial charge in [0.25, 0.3) is 5.91 Å². The first-order chi connectivity index (χ1) is 11.6. The second-order valence-corrected chi connectivity index (χ2v) is 5.79. The van der Waals surface area contributed by atoms with Crippen molar-refractivity contribution in [1.29, 1.82) is 0 Å². The highest BCUT2D eigenvalue weighted by molar-refractivity contribution is 6.30. The van der Waals surface area contributed by atoms with Gasteiger partial charge in [-0.3, -0.25) is 9.59 Å². The zero-order valence-electron chi connectivity index (χ0n) is 12.6. The predicted octanol–water partition coefficient (Wildman–Crippen LogP) is 2.64. The quantitative estimate of drug-likeness (QED) is 0.681. The van der Waals surface area contributed by atoms with E-state index in [9.17, 15) is 14.7 Å². The van der Waals surface area contributed by atoms with Crippen LogP contribution in [-0.2, 0) is 0 Å². The zero-order chi connectivity index (χ0) is 17.1. The SMILES string of the molecule is O=C(NCC(O)c1ccc(Cl)cc1)c1c[nH]c2ccccc2c1=O. The number of nitrogens with one attached hydrogen (secondary N) is 2. The molecule has 3 aromatic rings. The van der Waals surface area contributed by atoms with Crippen LogP contribution in [0.25, 0.3) is 10.9 Å². The Bertz CT molecular complexity index is 935. The van der Waals surface area contributed by atoms with E-state index in [1.807, 2.05) is 0 Å². The second-order valence-electron chi connectivity index (χ2n) is 5.35. The van der Waals surface area contributed by atoms with E-state index in [2.05, 4.69) is 10.3 Å². The summed E-state index contributed by atoms with van der Waals surface area (Å²) in [6.07, 6.45) is 0.500. The van der Waals surface area contributed by atoms with Crippen LogP contribution in [0, 0.1) is 0 Å². The maximum atomic E-state index is 12.4. The molecule has 24 heavy (non-hydrogen) atoms. The van der Waals surface area contributed by atoms with Crippen molar-refractivity contribution in [2.24, 2.45) is 0 Å². The number of halogens is 1. The molecular formula is C18H15ClN2O3. The first-order valence-corrected chi connectivity index (χ1v) is 7.76. The largest absolute Gasteiger partial charge is 0.387 e. The molecule has 3 N–H and O–H groups in total. The molecule has 0 saturated heterocycles. The molecule has 3 rings (SSSR count). The molecule has 0 aliphatic carbocycles. The maximum absolute atomic E-state index is 12.4. The molecule has 0 radical (unpaired) electrons. The summed E-state index contributed by atoms with van der Waals surface area (Å²) in [4.78, 5) is 27.5. The predicted molar refractivity (Wildman–Crippen MR) is 93.3 cm³/mol. The Morgan fingerprint density at radius 3 is 2.62 bits per heavy atom. The number of H-pyrrole nitrogens is 1. The van der Waals surface area contributed by atoms with E-state index < -0.39 is 12.0 Å². The minimum atomic E-state index is -0.884. The van der Waals surface area contributed by atoms with Gasteiger partial charge < -0.3 is 15.4 Å². The van der Waals surface area contributed by atoms with E-state index in [1.165, 1.54) is 6.20 Å². The van der Waals surface area contributed by atoms with Gasteiger partial charge in [0.1, 0.15) is 5.56 Å². The lowest BCUT2D eigenvalue weighted by molar-refractivity contribution is 0.0915. The molecule has 1 heterocycles. The normalized spacial score (nSPS) is 12.1. The minimum absolute atomic E-state index is 0.00721. The number of aromatic nitrogens is 1. The summed E-state index contributed by atoms with van der Waals surface area (Å²) in [7, 11) is 0. The summed E-state index contributed by atoms with van der Waals surface area (Å²) in [5.74, 6) is -0.532. The number of hydrogen-bond donors (Lipinski definition) is 3. The van der Waals surface area contributed by atoms with E-state index in [1.54, 1.807) is 48.5 Å². The van der Waals surface area contributed by atoms with Gasteiger partial charge in [-0.25, -0.2) is 0 Å². The van der Waals surface area contributed by atoms with Gasteiger partial charge in [-0.15, -0.1) is 0 Å². The van der Waals surface area contributed by atoms with Gasteiger partial charge in [0.05, 0.1) is 6.10 Å². The first kappa shape index (κ1) is 16.2. The van der Waals surface area contributed by atoms with E-state index >= 15 is 0 Å². The number of rotatable bonds is 4. The Labute approximate surface area is 142 Å². The summed E-state index contributed by atoms with van der Waals surface area (Å²) in [6, 6.07) is 13.7. The molecule has 0 saturated carbocycles. The number of carbonyl (C=O) groups excluding carboxylic acids is 1. The number of aliphatic hydroxyl groups excluding tert-OH is 1. The number of aliphatic hydroxyl groups is 1. The van der Waals surface area contributed by atoms with Gasteiger partial charge in [-0.05, 0) is 29.8 Å². The molecule has 1 unspecified atom stereocenters. The summed E-state index contributed by atoms with van der Waals surface area (Å²) in [5, 5.41) is 13.7. The lowest BCUT2D eigenvalue weighted by Crippen LogP contribution is -2.32. The molecule has 0 spiro atoms. The van der Waals surface area contributed by atoms with Crippen molar-refractivity contribution in [3.8, 4) is 0 Å². The van der Waals surface area contributed by atoms with Crippen LogP contribution in [0.1, 0.15) is 22.0 Å². The number of pyridine rings is 1. The Kier molecular flexibility index (Phi) is 4.64. The van der Waals surface area contributed by atoms with E-state index in [4.69, 9.17) is 11.6 Å². The molecule has 0 aliphatic heterocycles. The smallest absolute Gasteiger partial charge is 0.256 e. The van der Waals surface area contributed by atoms with Crippen molar-refractivity contribution in [1.82, 2.24) is 10.3 Å². The van der Waals surface area contributed by atoms with Crippen molar-refractivity contribution in [3.63, 3.8) is 0 Å². The Morgan fingerprint density at radius 2 is 1.88 bits per heavy atom. The fourth-order valence-corrected chi connectivity index (χ4v) is 2.55. The Balaban J connectivity index is 1.74. The molecule has 122 valence electrons. The van der Waals surface area contributed by atoms with Gasteiger partial charge in [0.15, 0.2) is 0 Å². The van der Waals surface area contributed by atoms with Crippen LogP contribution in [0.15, 0.2) is 59.5 Å². The van der Waals surface area contributed by atoms with E-state index in [0.717, 1.165) is 0 Å². The number of para-hydroxylation sites is 1. The average molecular weight is 343 g/mol. The van der Waals surface area contributed by atoms with Crippen LogP contribution in [0.5, 0.6) is 0 Å². The zero-order valence-corrected chi connectivity index (χ0v) is 13.4.